The Morgan fingerprint density at radius 2 is 2.28 bits per heavy atom. The Kier molecular flexibility index (Phi) is 2.33. The third-order valence-electron chi connectivity index (χ3n) is 2.95. The minimum Gasteiger partial charge on any atom is -0.480 e. The lowest BCUT2D eigenvalue weighted by atomic mass is 10.2. The highest BCUT2D eigenvalue weighted by molar-refractivity contribution is 5.78. The molecule has 0 radical (unpaired) electrons. The van der Waals surface area contributed by atoms with Gasteiger partial charge in [0.2, 0.25) is 0 Å². The van der Waals surface area contributed by atoms with Crippen molar-refractivity contribution in [1.82, 2.24) is 25.0 Å². The summed E-state index contributed by atoms with van der Waals surface area (Å²) in [5.41, 5.74) is 0.429. The smallest absolute Gasteiger partial charge is 0.326 e. The van der Waals surface area contributed by atoms with Crippen molar-refractivity contribution >= 4 is 17.4 Å². The Bertz CT molecular complexity index is 599. The minimum absolute atomic E-state index is 0.174. The van der Waals surface area contributed by atoms with E-state index in [1.807, 2.05) is 0 Å². The number of rotatable bonds is 2. The zero-order valence-corrected chi connectivity index (χ0v) is 9.21. The molecule has 9 nitrogen and oxygen atoms in total. The van der Waals surface area contributed by atoms with E-state index in [2.05, 4.69) is 20.5 Å². The molecule has 1 fully saturated rings. The van der Waals surface area contributed by atoms with Gasteiger partial charge in [-0.2, -0.15) is 4.52 Å². The van der Waals surface area contributed by atoms with Crippen molar-refractivity contribution in [2.75, 3.05) is 11.4 Å². The number of hydrogen-bond acceptors (Lipinski definition) is 7. The molecule has 0 saturated carbocycles. The lowest BCUT2D eigenvalue weighted by Crippen LogP contribution is -2.37. The minimum atomic E-state index is -0.989. The van der Waals surface area contributed by atoms with Crippen molar-refractivity contribution in [3.63, 3.8) is 0 Å². The second-order valence-corrected chi connectivity index (χ2v) is 4.11. The van der Waals surface area contributed by atoms with Crippen LogP contribution in [0.3, 0.4) is 0 Å². The fraction of sp³-hybridized carbons (Fsp3) is 0.444. The highest BCUT2D eigenvalue weighted by atomic mass is 16.4. The molecule has 0 bridgehead atoms. The molecular formula is C9H10N6O3. The zero-order valence-electron chi connectivity index (χ0n) is 9.21. The van der Waals surface area contributed by atoms with E-state index in [9.17, 15) is 9.90 Å². The molecular weight excluding hydrogens is 240 g/mol. The first-order valence-corrected chi connectivity index (χ1v) is 5.36. The van der Waals surface area contributed by atoms with E-state index in [0.717, 1.165) is 0 Å². The van der Waals surface area contributed by atoms with E-state index in [1.165, 1.54) is 16.9 Å². The summed E-state index contributed by atoms with van der Waals surface area (Å²) in [6.07, 6.45) is 2.45. The molecule has 2 aromatic heterocycles. The summed E-state index contributed by atoms with van der Waals surface area (Å²) >= 11 is 0. The highest BCUT2D eigenvalue weighted by Crippen LogP contribution is 2.25. The number of aromatic nitrogens is 5. The molecule has 2 N–H and O–H groups in total. The molecule has 18 heavy (non-hydrogen) atoms. The van der Waals surface area contributed by atoms with Crippen LogP contribution < -0.4 is 4.90 Å². The number of aliphatic carboxylic acids is 1. The van der Waals surface area contributed by atoms with E-state index in [1.54, 1.807) is 4.90 Å². The molecule has 0 amide bonds. The van der Waals surface area contributed by atoms with Gasteiger partial charge in [0, 0.05) is 13.0 Å². The third kappa shape index (κ3) is 1.56. The van der Waals surface area contributed by atoms with Crippen LogP contribution in [-0.4, -0.2) is 59.9 Å². The summed E-state index contributed by atoms with van der Waals surface area (Å²) in [4.78, 5) is 16.7. The summed E-state index contributed by atoms with van der Waals surface area (Å²) in [6, 6.07) is -0.795. The standard InChI is InChI=1S/C9H10N6O3/c16-5-1-6(9(17)18)14(4-5)8-3-10-2-7-11-12-13-15(7)8/h2-3,5-6,16H,1,4H2,(H,17,18). The van der Waals surface area contributed by atoms with Crippen LogP contribution in [0.2, 0.25) is 0 Å². The van der Waals surface area contributed by atoms with Gasteiger partial charge in [0.25, 0.3) is 0 Å². The molecule has 9 heteroatoms. The van der Waals surface area contributed by atoms with Crippen molar-refractivity contribution in [2.45, 2.75) is 18.6 Å². The number of tetrazole rings is 1. The number of anilines is 1. The molecule has 1 saturated heterocycles. The number of β-amino-alcohol motifs (C(OH)–C–C–N with tert-alkyl or cyclic N) is 1. The van der Waals surface area contributed by atoms with Crippen LogP contribution >= 0.6 is 0 Å². The summed E-state index contributed by atoms with van der Waals surface area (Å²) in [5, 5.41) is 29.8. The van der Waals surface area contributed by atoms with E-state index in [-0.39, 0.29) is 13.0 Å². The number of carboxylic acid groups (broad SMARTS) is 1. The van der Waals surface area contributed by atoms with E-state index < -0.39 is 18.1 Å². The molecule has 2 unspecified atom stereocenters. The van der Waals surface area contributed by atoms with Crippen LogP contribution in [-0.2, 0) is 4.79 Å². The molecule has 2 atom stereocenters. The fourth-order valence-corrected chi connectivity index (χ4v) is 2.16. The first-order chi connectivity index (χ1) is 8.66. The van der Waals surface area contributed by atoms with Crippen LogP contribution in [0.5, 0.6) is 0 Å². The second kappa shape index (κ2) is 3.88. The average molecular weight is 250 g/mol. The zero-order chi connectivity index (χ0) is 12.7. The molecule has 1 aliphatic heterocycles. The van der Waals surface area contributed by atoms with Gasteiger partial charge in [0.15, 0.2) is 11.5 Å². The van der Waals surface area contributed by atoms with Crippen LogP contribution in [0.25, 0.3) is 5.65 Å². The van der Waals surface area contributed by atoms with E-state index >= 15 is 0 Å². The van der Waals surface area contributed by atoms with Crippen molar-refractivity contribution in [1.29, 1.82) is 0 Å². The SMILES string of the molecule is O=C(O)C1CC(O)CN1c1cncc2nnnn12. The maximum Gasteiger partial charge on any atom is 0.326 e. The number of nitrogens with zero attached hydrogens (tertiary/aromatic N) is 6. The van der Waals surface area contributed by atoms with Gasteiger partial charge in [0.1, 0.15) is 6.04 Å². The van der Waals surface area contributed by atoms with Gasteiger partial charge in [-0.05, 0) is 10.4 Å². The summed E-state index contributed by atoms with van der Waals surface area (Å²) in [7, 11) is 0. The highest BCUT2D eigenvalue weighted by Gasteiger charge is 2.37. The monoisotopic (exact) mass is 250 g/mol. The van der Waals surface area contributed by atoms with Crippen molar-refractivity contribution in [2.24, 2.45) is 0 Å². The van der Waals surface area contributed by atoms with Crippen molar-refractivity contribution in [3.05, 3.63) is 12.4 Å². The van der Waals surface area contributed by atoms with Gasteiger partial charge >= 0.3 is 5.97 Å². The summed E-state index contributed by atoms with van der Waals surface area (Å²) in [6.45, 7) is 0.220. The normalized spacial score (nSPS) is 23.7. The maximum absolute atomic E-state index is 11.2. The molecule has 94 valence electrons. The van der Waals surface area contributed by atoms with Crippen molar-refractivity contribution in [3.8, 4) is 0 Å². The van der Waals surface area contributed by atoms with Gasteiger partial charge < -0.3 is 15.1 Å². The number of carboxylic acids is 1. The Morgan fingerprint density at radius 3 is 3.06 bits per heavy atom. The number of hydrogen-bond donors (Lipinski definition) is 2. The van der Waals surface area contributed by atoms with Crippen LogP contribution in [0.4, 0.5) is 5.82 Å². The Balaban J connectivity index is 2.08. The van der Waals surface area contributed by atoms with E-state index in [4.69, 9.17) is 5.11 Å². The van der Waals surface area contributed by atoms with Gasteiger partial charge in [-0.1, -0.05) is 0 Å². The number of fused-ring (bicyclic) bond motifs is 1. The lowest BCUT2D eigenvalue weighted by Gasteiger charge is -2.22. The Labute approximate surface area is 101 Å². The predicted molar refractivity (Wildman–Crippen MR) is 58.0 cm³/mol. The van der Waals surface area contributed by atoms with Crippen LogP contribution in [0.1, 0.15) is 6.42 Å². The van der Waals surface area contributed by atoms with Gasteiger partial charge in [0.05, 0.1) is 18.5 Å². The van der Waals surface area contributed by atoms with Gasteiger partial charge in [-0.25, -0.2) is 4.79 Å². The first-order valence-electron chi connectivity index (χ1n) is 5.36. The number of carbonyl (C=O) groups is 1. The van der Waals surface area contributed by atoms with Crippen LogP contribution in [0, 0.1) is 0 Å². The second-order valence-electron chi connectivity index (χ2n) is 4.11. The third-order valence-corrected chi connectivity index (χ3v) is 2.95. The molecule has 2 aromatic rings. The first kappa shape index (κ1) is 10.8. The van der Waals surface area contributed by atoms with Gasteiger partial charge in [-0.15, -0.1) is 5.10 Å². The lowest BCUT2D eigenvalue weighted by molar-refractivity contribution is -0.138. The quantitative estimate of drug-likeness (QED) is 0.664. The molecule has 3 heterocycles. The Morgan fingerprint density at radius 1 is 1.44 bits per heavy atom. The fourth-order valence-electron chi connectivity index (χ4n) is 2.16. The average Bonchev–Trinajstić information content (AvgIpc) is 2.94. The maximum atomic E-state index is 11.2. The molecule has 0 aromatic carbocycles. The predicted octanol–water partition coefficient (Wildman–Crippen LogP) is -1.46. The topological polar surface area (TPSA) is 117 Å². The number of aliphatic hydroxyl groups excluding tert-OH is 1. The van der Waals surface area contributed by atoms with Gasteiger partial charge in [-0.3, -0.25) is 4.98 Å². The molecule has 0 aliphatic carbocycles. The summed E-state index contributed by atoms with van der Waals surface area (Å²) < 4.78 is 1.40. The summed E-state index contributed by atoms with van der Waals surface area (Å²) in [5.74, 6) is -0.530. The Hall–Kier alpha value is -2.29. The number of aliphatic hydroxyl groups is 1. The molecule has 3 rings (SSSR count). The van der Waals surface area contributed by atoms with E-state index in [0.29, 0.717) is 11.5 Å². The van der Waals surface area contributed by atoms with Crippen molar-refractivity contribution < 1.29 is 15.0 Å². The molecule has 1 aliphatic rings. The largest absolute Gasteiger partial charge is 0.480 e. The van der Waals surface area contributed by atoms with Crippen LogP contribution in [0.15, 0.2) is 12.4 Å². The molecule has 0 spiro atoms.